The van der Waals surface area contributed by atoms with Crippen molar-refractivity contribution in [1.82, 2.24) is 0 Å². The number of phosphoric acid groups is 1. The maximum absolute atomic E-state index is 9.12. The predicted octanol–water partition coefficient (Wildman–Crippen LogP) is -1.06. The molecule has 0 fully saturated rings. The van der Waals surface area contributed by atoms with Crippen molar-refractivity contribution >= 4 is 13.8 Å². The first-order chi connectivity index (χ1) is 5.27. The monoisotopic (exact) mass is 202 g/mol. The van der Waals surface area contributed by atoms with Gasteiger partial charge in [-0.15, -0.1) is 13.2 Å². The van der Waals surface area contributed by atoms with Crippen molar-refractivity contribution in [3.05, 3.63) is 13.2 Å². The first-order valence-corrected chi connectivity index (χ1v) is 3.95. The van der Waals surface area contributed by atoms with E-state index in [9.17, 15) is 0 Å². The second kappa shape index (κ2) is 10.3. The van der Waals surface area contributed by atoms with Crippen LogP contribution in [0.3, 0.4) is 0 Å². The van der Waals surface area contributed by atoms with Crippen molar-refractivity contribution < 1.29 is 34.3 Å². The van der Waals surface area contributed by atoms with Crippen LogP contribution in [0.4, 0.5) is 0 Å². The van der Waals surface area contributed by atoms with Crippen LogP contribution in [0.1, 0.15) is 0 Å². The first kappa shape index (κ1) is 17.4. The van der Waals surface area contributed by atoms with Gasteiger partial charge in [-0.1, -0.05) is 0 Å². The highest BCUT2D eigenvalue weighted by Gasteiger charge is 2.00. The van der Waals surface area contributed by atoms with Gasteiger partial charge < -0.3 is 24.9 Å². The van der Waals surface area contributed by atoms with Gasteiger partial charge in [0.1, 0.15) is 6.61 Å². The Morgan fingerprint density at radius 2 is 1.33 bits per heavy atom. The molecular weight excluding hydrogens is 191 g/mol. The Kier molecular flexibility index (Phi) is 14.9. The lowest BCUT2D eigenvalue weighted by Crippen LogP contribution is -1.98. The molecule has 74 valence electrons. The van der Waals surface area contributed by atoms with Crippen LogP contribution in [0.15, 0.2) is 13.2 Å². The van der Waals surface area contributed by atoms with Crippen molar-refractivity contribution in [2.45, 2.75) is 0 Å². The summed E-state index contributed by atoms with van der Waals surface area (Å²) in [5.41, 5.74) is 0. The highest BCUT2D eigenvalue weighted by atomic mass is 31.2. The standard InChI is InChI=1S/C2H4O3.C2H4.H3O4P/c3-1-2(4)5;1-2;1-5(2,3)4/h3H,1H2,(H,4,5);1-2H2;(H3,1,2,3,4). The summed E-state index contributed by atoms with van der Waals surface area (Å²) in [6.45, 7) is 5.22. The zero-order valence-corrected chi connectivity index (χ0v) is 7.02. The lowest BCUT2D eigenvalue weighted by molar-refractivity contribution is -0.140. The summed E-state index contributed by atoms with van der Waals surface area (Å²) >= 11 is 0. The van der Waals surface area contributed by atoms with E-state index in [1.807, 2.05) is 0 Å². The Labute approximate surface area is 68.8 Å². The van der Waals surface area contributed by atoms with Crippen LogP contribution in [-0.2, 0) is 9.36 Å². The third-order valence-electron chi connectivity index (χ3n) is 0.135. The maximum atomic E-state index is 9.12. The highest BCUT2D eigenvalue weighted by molar-refractivity contribution is 7.45. The molecule has 8 heteroatoms. The lowest BCUT2D eigenvalue weighted by Gasteiger charge is -1.82. The van der Waals surface area contributed by atoms with Crippen LogP contribution in [0, 0.1) is 0 Å². The number of aliphatic hydroxyl groups is 1. The van der Waals surface area contributed by atoms with E-state index < -0.39 is 20.4 Å². The number of aliphatic carboxylic acids is 1. The van der Waals surface area contributed by atoms with Crippen LogP contribution >= 0.6 is 7.82 Å². The van der Waals surface area contributed by atoms with Crippen LogP contribution < -0.4 is 0 Å². The van der Waals surface area contributed by atoms with E-state index in [0.717, 1.165) is 0 Å². The van der Waals surface area contributed by atoms with E-state index >= 15 is 0 Å². The summed E-state index contributed by atoms with van der Waals surface area (Å²) in [5, 5.41) is 15.0. The average molecular weight is 202 g/mol. The summed E-state index contributed by atoms with van der Waals surface area (Å²) in [6, 6.07) is 0. The minimum Gasteiger partial charge on any atom is -0.480 e. The van der Waals surface area contributed by atoms with E-state index in [1.54, 1.807) is 0 Å². The Hall–Kier alpha value is -0.720. The molecule has 0 radical (unpaired) electrons. The fourth-order valence-electron chi connectivity index (χ4n) is 0. The predicted molar refractivity (Wildman–Crippen MR) is 40.2 cm³/mol. The molecule has 7 nitrogen and oxygen atoms in total. The van der Waals surface area contributed by atoms with Gasteiger partial charge in [-0.2, -0.15) is 0 Å². The van der Waals surface area contributed by atoms with Crippen LogP contribution in [0.5, 0.6) is 0 Å². The largest absolute Gasteiger partial charge is 0.480 e. The molecular formula is C4H11O7P. The highest BCUT2D eigenvalue weighted by Crippen LogP contribution is 2.25. The van der Waals surface area contributed by atoms with E-state index in [-0.39, 0.29) is 0 Å². The summed E-state index contributed by atoms with van der Waals surface area (Å²) in [7, 11) is -4.64. The van der Waals surface area contributed by atoms with Crippen LogP contribution in [-0.4, -0.2) is 37.5 Å². The molecule has 0 heterocycles. The SMILES string of the molecule is C=C.O=C(O)CO.O=P(O)(O)O. The summed E-state index contributed by atoms with van der Waals surface area (Å²) in [4.78, 5) is 30.7. The summed E-state index contributed by atoms with van der Waals surface area (Å²) in [6.07, 6.45) is 0. The fraction of sp³-hybridized carbons (Fsp3) is 0.250. The van der Waals surface area contributed by atoms with Gasteiger partial charge in [0.2, 0.25) is 0 Å². The molecule has 0 saturated heterocycles. The molecule has 5 N–H and O–H groups in total. The number of rotatable bonds is 1. The molecule has 0 rings (SSSR count). The normalized spacial score (nSPS) is 8.33. The molecule has 0 aliphatic heterocycles. The Morgan fingerprint density at radius 1 is 1.25 bits per heavy atom. The second-order valence-electron chi connectivity index (χ2n) is 1.07. The number of carboxylic acids is 1. The minimum atomic E-state index is -4.64. The minimum absolute atomic E-state index is 0.778. The molecule has 0 spiro atoms. The third kappa shape index (κ3) is 388. The van der Waals surface area contributed by atoms with Crippen molar-refractivity contribution in [1.29, 1.82) is 0 Å². The Morgan fingerprint density at radius 3 is 1.33 bits per heavy atom. The Bertz CT molecular complexity index is 141. The number of hydrogen-bond acceptors (Lipinski definition) is 3. The summed E-state index contributed by atoms with van der Waals surface area (Å²) in [5.74, 6) is -1.19. The van der Waals surface area contributed by atoms with Gasteiger partial charge in [0, 0.05) is 0 Å². The molecule has 0 unspecified atom stereocenters. The average Bonchev–Trinajstić information content (AvgIpc) is 1.89. The quantitative estimate of drug-likeness (QED) is 0.270. The van der Waals surface area contributed by atoms with Crippen LogP contribution in [0.25, 0.3) is 0 Å². The molecule has 0 atom stereocenters. The molecule has 12 heavy (non-hydrogen) atoms. The molecule has 0 aromatic heterocycles. The molecule has 0 aliphatic carbocycles. The number of aliphatic hydroxyl groups excluding tert-OH is 1. The molecule has 0 saturated carbocycles. The van der Waals surface area contributed by atoms with Gasteiger partial charge in [0.05, 0.1) is 0 Å². The van der Waals surface area contributed by atoms with Crippen LogP contribution in [0.2, 0.25) is 0 Å². The smallest absolute Gasteiger partial charge is 0.466 e. The Balaban J connectivity index is -0.000000112. The molecule has 0 amide bonds. The second-order valence-corrected chi connectivity index (χ2v) is 2.09. The molecule has 0 bridgehead atoms. The zero-order chi connectivity index (χ0) is 10.8. The lowest BCUT2D eigenvalue weighted by atomic mass is 10.8. The van der Waals surface area contributed by atoms with Gasteiger partial charge in [0.25, 0.3) is 0 Å². The number of carbonyl (C=O) groups is 1. The van der Waals surface area contributed by atoms with E-state index in [2.05, 4.69) is 13.2 Å². The topological polar surface area (TPSA) is 135 Å². The van der Waals surface area contributed by atoms with Crippen molar-refractivity contribution in [3.8, 4) is 0 Å². The number of hydrogen-bond donors (Lipinski definition) is 5. The van der Waals surface area contributed by atoms with Gasteiger partial charge in [0.15, 0.2) is 0 Å². The van der Waals surface area contributed by atoms with Gasteiger partial charge in [-0.3, -0.25) is 0 Å². The van der Waals surface area contributed by atoms with Crippen molar-refractivity contribution in [2.75, 3.05) is 6.61 Å². The van der Waals surface area contributed by atoms with E-state index in [4.69, 9.17) is 34.3 Å². The molecule has 0 aromatic carbocycles. The van der Waals surface area contributed by atoms with Crippen molar-refractivity contribution in [3.63, 3.8) is 0 Å². The van der Waals surface area contributed by atoms with Crippen molar-refractivity contribution in [2.24, 2.45) is 0 Å². The fourth-order valence-corrected chi connectivity index (χ4v) is 0. The molecule has 0 aromatic rings. The van der Waals surface area contributed by atoms with Gasteiger partial charge in [-0.05, 0) is 0 Å². The third-order valence-corrected chi connectivity index (χ3v) is 0.135. The zero-order valence-electron chi connectivity index (χ0n) is 6.12. The molecule has 0 aliphatic rings. The first-order valence-electron chi connectivity index (χ1n) is 2.38. The number of carboxylic acid groups (broad SMARTS) is 1. The summed E-state index contributed by atoms with van der Waals surface area (Å²) < 4.78 is 8.88. The van der Waals surface area contributed by atoms with Gasteiger partial charge in [-0.25, -0.2) is 9.36 Å². The van der Waals surface area contributed by atoms with E-state index in [1.165, 1.54) is 0 Å². The van der Waals surface area contributed by atoms with E-state index in [0.29, 0.717) is 0 Å². The van der Waals surface area contributed by atoms with Gasteiger partial charge >= 0.3 is 13.8 Å². The maximum Gasteiger partial charge on any atom is 0.466 e.